The second-order valence-corrected chi connectivity index (χ2v) is 6.30. The molecule has 1 heterocycles. The van der Waals surface area contributed by atoms with Gasteiger partial charge in [0.2, 0.25) is 5.91 Å². The number of thioether (sulfide) groups is 1. The lowest BCUT2D eigenvalue weighted by Crippen LogP contribution is -2.35. The minimum Gasteiger partial charge on any atom is -0.321 e. The zero-order valence-electron chi connectivity index (χ0n) is 12.1. The summed E-state index contributed by atoms with van der Waals surface area (Å²) in [6, 6.07) is 6.17. The van der Waals surface area contributed by atoms with Crippen molar-refractivity contribution in [2.45, 2.75) is 26.1 Å². The Labute approximate surface area is 123 Å². The molecule has 0 radical (unpaired) electrons. The molecule has 1 saturated heterocycles. The minimum atomic E-state index is -0.256. The van der Waals surface area contributed by atoms with Crippen LogP contribution in [-0.4, -0.2) is 35.4 Å². The van der Waals surface area contributed by atoms with Crippen LogP contribution >= 0.6 is 11.8 Å². The van der Waals surface area contributed by atoms with Gasteiger partial charge in [-0.05, 0) is 42.5 Å². The average Bonchev–Trinajstić information content (AvgIpc) is 2.68. The van der Waals surface area contributed by atoms with E-state index >= 15 is 0 Å². The molecular formula is C15H21FN2OS. The molecular weight excluding hydrogens is 275 g/mol. The summed E-state index contributed by atoms with van der Waals surface area (Å²) in [5, 5.41) is 3.28. The van der Waals surface area contributed by atoms with Crippen LogP contribution in [0.5, 0.6) is 0 Å². The highest BCUT2D eigenvalue weighted by molar-refractivity contribution is 7.98. The number of hydrogen-bond donors (Lipinski definition) is 1. The van der Waals surface area contributed by atoms with E-state index in [-0.39, 0.29) is 23.9 Å². The zero-order valence-corrected chi connectivity index (χ0v) is 12.9. The largest absolute Gasteiger partial charge is 0.321 e. The number of hydrogen-bond acceptors (Lipinski definition) is 3. The van der Waals surface area contributed by atoms with Crippen molar-refractivity contribution in [1.82, 2.24) is 10.2 Å². The van der Waals surface area contributed by atoms with Gasteiger partial charge in [-0.2, -0.15) is 11.8 Å². The Hall–Kier alpha value is -1.07. The lowest BCUT2D eigenvalue weighted by atomic mass is 10.1. The van der Waals surface area contributed by atoms with Crippen LogP contribution < -0.4 is 5.32 Å². The predicted molar refractivity (Wildman–Crippen MR) is 81.0 cm³/mol. The van der Waals surface area contributed by atoms with Gasteiger partial charge in [0.15, 0.2) is 0 Å². The summed E-state index contributed by atoms with van der Waals surface area (Å²) in [5.41, 5.74) is 0.931. The van der Waals surface area contributed by atoms with Gasteiger partial charge in [-0.1, -0.05) is 19.1 Å². The second-order valence-electron chi connectivity index (χ2n) is 5.39. The van der Waals surface area contributed by atoms with E-state index in [1.165, 1.54) is 12.1 Å². The molecule has 110 valence electrons. The Kier molecular flexibility index (Phi) is 5.05. The van der Waals surface area contributed by atoms with Gasteiger partial charge in [-0.25, -0.2) is 4.39 Å². The highest BCUT2D eigenvalue weighted by atomic mass is 32.2. The molecule has 1 aliphatic rings. The Morgan fingerprint density at radius 1 is 1.40 bits per heavy atom. The number of amides is 1. The highest BCUT2D eigenvalue weighted by Gasteiger charge is 2.37. The smallest absolute Gasteiger partial charge is 0.241 e. The first-order valence-electron chi connectivity index (χ1n) is 6.84. The Morgan fingerprint density at radius 3 is 2.65 bits per heavy atom. The number of rotatable bonds is 5. The molecule has 1 fully saturated rings. The molecule has 1 aromatic rings. The molecule has 20 heavy (non-hydrogen) atoms. The van der Waals surface area contributed by atoms with Crippen LogP contribution in [0.15, 0.2) is 24.3 Å². The van der Waals surface area contributed by atoms with Crippen LogP contribution in [0.3, 0.4) is 0 Å². The van der Waals surface area contributed by atoms with Crippen molar-refractivity contribution >= 4 is 17.7 Å². The molecule has 5 heteroatoms. The topological polar surface area (TPSA) is 32.3 Å². The second kappa shape index (κ2) is 6.59. The first-order valence-corrected chi connectivity index (χ1v) is 8.23. The SMILES string of the molecule is CSCC(C)CN1C(=O)C(C)NC1c1ccc(F)cc1. The van der Waals surface area contributed by atoms with Gasteiger partial charge in [-0.3, -0.25) is 10.1 Å². The molecule has 1 amide bonds. The van der Waals surface area contributed by atoms with Gasteiger partial charge >= 0.3 is 0 Å². The number of carbonyl (C=O) groups excluding carboxylic acids is 1. The summed E-state index contributed by atoms with van der Waals surface area (Å²) in [7, 11) is 0. The molecule has 0 saturated carbocycles. The maximum atomic E-state index is 13.0. The van der Waals surface area contributed by atoms with Crippen LogP contribution in [0, 0.1) is 11.7 Å². The summed E-state index contributed by atoms with van der Waals surface area (Å²) < 4.78 is 13.0. The van der Waals surface area contributed by atoms with Crippen LogP contribution in [0.4, 0.5) is 4.39 Å². The van der Waals surface area contributed by atoms with E-state index in [1.54, 1.807) is 23.9 Å². The molecule has 1 aromatic carbocycles. The van der Waals surface area contributed by atoms with E-state index in [0.717, 1.165) is 17.9 Å². The van der Waals surface area contributed by atoms with E-state index in [9.17, 15) is 9.18 Å². The van der Waals surface area contributed by atoms with Crippen molar-refractivity contribution in [3.8, 4) is 0 Å². The van der Waals surface area contributed by atoms with E-state index in [1.807, 2.05) is 11.8 Å². The van der Waals surface area contributed by atoms with E-state index in [0.29, 0.717) is 5.92 Å². The number of halogens is 1. The van der Waals surface area contributed by atoms with E-state index < -0.39 is 0 Å². The van der Waals surface area contributed by atoms with Crippen molar-refractivity contribution in [2.24, 2.45) is 5.92 Å². The summed E-state index contributed by atoms with van der Waals surface area (Å²) in [6.07, 6.45) is 1.92. The predicted octanol–water partition coefficient (Wildman–Crippen LogP) is 2.64. The number of benzene rings is 1. The van der Waals surface area contributed by atoms with Crippen molar-refractivity contribution in [1.29, 1.82) is 0 Å². The average molecular weight is 296 g/mol. The van der Waals surface area contributed by atoms with Crippen molar-refractivity contribution in [2.75, 3.05) is 18.6 Å². The monoisotopic (exact) mass is 296 g/mol. The first kappa shape index (κ1) is 15.3. The zero-order chi connectivity index (χ0) is 14.7. The normalized spacial score (nSPS) is 24.2. The van der Waals surface area contributed by atoms with Crippen LogP contribution in [0.2, 0.25) is 0 Å². The molecule has 0 aromatic heterocycles. The van der Waals surface area contributed by atoms with Gasteiger partial charge in [0, 0.05) is 6.54 Å². The fraction of sp³-hybridized carbons (Fsp3) is 0.533. The summed E-state index contributed by atoms with van der Waals surface area (Å²) in [6.45, 7) is 4.74. The van der Waals surface area contributed by atoms with Gasteiger partial charge in [0.05, 0.1) is 6.04 Å². The van der Waals surface area contributed by atoms with Crippen molar-refractivity contribution in [3.05, 3.63) is 35.6 Å². The Morgan fingerprint density at radius 2 is 2.05 bits per heavy atom. The fourth-order valence-corrected chi connectivity index (χ4v) is 3.24. The molecule has 3 unspecified atom stereocenters. The molecule has 3 atom stereocenters. The lowest BCUT2D eigenvalue weighted by Gasteiger charge is -2.27. The van der Waals surface area contributed by atoms with Crippen molar-refractivity contribution < 1.29 is 9.18 Å². The van der Waals surface area contributed by atoms with Gasteiger partial charge in [0.1, 0.15) is 12.0 Å². The van der Waals surface area contributed by atoms with Gasteiger partial charge in [0.25, 0.3) is 0 Å². The Bertz CT molecular complexity index is 465. The molecule has 0 spiro atoms. The maximum absolute atomic E-state index is 13.0. The quantitative estimate of drug-likeness (QED) is 0.906. The van der Waals surface area contributed by atoms with E-state index in [2.05, 4.69) is 18.5 Å². The van der Waals surface area contributed by atoms with E-state index in [4.69, 9.17) is 0 Å². The fourth-order valence-electron chi connectivity index (χ4n) is 2.56. The highest BCUT2D eigenvalue weighted by Crippen LogP contribution is 2.26. The molecule has 0 bridgehead atoms. The van der Waals surface area contributed by atoms with Gasteiger partial charge < -0.3 is 4.90 Å². The van der Waals surface area contributed by atoms with Crippen molar-refractivity contribution in [3.63, 3.8) is 0 Å². The summed E-state index contributed by atoms with van der Waals surface area (Å²) in [5.74, 6) is 1.32. The first-order chi connectivity index (χ1) is 9.52. The van der Waals surface area contributed by atoms with Crippen LogP contribution in [0.1, 0.15) is 25.6 Å². The lowest BCUT2D eigenvalue weighted by molar-refractivity contribution is -0.130. The molecule has 0 aliphatic carbocycles. The number of nitrogens with zero attached hydrogens (tertiary/aromatic N) is 1. The standard InChI is InChI=1S/C15H21FN2OS/c1-10(9-20-3)8-18-14(17-11(2)15(18)19)12-4-6-13(16)7-5-12/h4-7,10-11,14,17H,8-9H2,1-3H3. The molecule has 3 nitrogen and oxygen atoms in total. The molecule has 2 rings (SSSR count). The number of carbonyl (C=O) groups is 1. The van der Waals surface area contributed by atoms with Gasteiger partial charge in [-0.15, -0.1) is 0 Å². The maximum Gasteiger partial charge on any atom is 0.241 e. The third-order valence-electron chi connectivity index (χ3n) is 3.52. The molecule has 1 N–H and O–H groups in total. The minimum absolute atomic E-state index is 0.118. The third kappa shape index (κ3) is 3.33. The molecule has 1 aliphatic heterocycles. The Balaban J connectivity index is 2.17. The summed E-state index contributed by atoms with van der Waals surface area (Å²) in [4.78, 5) is 14.2. The van der Waals surface area contributed by atoms with Crippen LogP contribution in [-0.2, 0) is 4.79 Å². The third-order valence-corrected chi connectivity index (χ3v) is 4.42. The van der Waals surface area contributed by atoms with Crippen LogP contribution in [0.25, 0.3) is 0 Å². The summed E-state index contributed by atoms with van der Waals surface area (Å²) >= 11 is 1.79. The number of nitrogens with one attached hydrogen (secondary N) is 1.